The van der Waals surface area contributed by atoms with Gasteiger partial charge in [0.2, 0.25) is 0 Å². The molecule has 1 aromatic carbocycles. The number of hydrogen-bond donors (Lipinski definition) is 1. The van der Waals surface area contributed by atoms with Gasteiger partial charge in [0.05, 0.1) is 25.3 Å². The molecule has 5 heteroatoms. The number of carboxylic acid groups (broad SMARTS) is 1. The van der Waals surface area contributed by atoms with Crippen LogP contribution in [0, 0.1) is 0 Å². The number of rotatable bonds is 3. The summed E-state index contributed by atoms with van der Waals surface area (Å²) >= 11 is 0. The third-order valence-corrected chi connectivity index (χ3v) is 3.92. The molecule has 2 fully saturated rings. The molecule has 0 aliphatic carbocycles. The zero-order valence-corrected chi connectivity index (χ0v) is 11.4. The summed E-state index contributed by atoms with van der Waals surface area (Å²) < 4.78 is 11.5. The molecule has 0 radical (unpaired) electrons. The van der Waals surface area contributed by atoms with Gasteiger partial charge in [-0.25, -0.2) is 4.79 Å². The van der Waals surface area contributed by atoms with Crippen molar-refractivity contribution in [1.29, 1.82) is 0 Å². The number of piperidine rings is 1. The molecule has 1 spiro atoms. The highest BCUT2D eigenvalue weighted by Gasteiger charge is 2.40. The second-order valence-corrected chi connectivity index (χ2v) is 5.42. The first-order chi connectivity index (χ1) is 9.67. The van der Waals surface area contributed by atoms with Crippen molar-refractivity contribution in [2.75, 3.05) is 26.3 Å². The molecule has 0 aromatic heterocycles. The second kappa shape index (κ2) is 5.52. The van der Waals surface area contributed by atoms with E-state index in [9.17, 15) is 4.79 Å². The van der Waals surface area contributed by atoms with Gasteiger partial charge in [-0.05, 0) is 30.7 Å². The molecule has 0 bridgehead atoms. The van der Waals surface area contributed by atoms with Crippen LogP contribution in [0.25, 0.3) is 0 Å². The zero-order chi connectivity index (χ0) is 14.0. The largest absolute Gasteiger partial charge is 0.478 e. The number of carboxylic acids is 1. The average molecular weight is 277 g/mol. The zero-order valence-electron chi connectivity index (χ0n) is 11.4. The Balaban J connectivity index is 1.63. The fourth-order valence-electron chi connectivity index (χ4n) is 2.95. The van der Waals surface area contributed by atoms with Crippen LogP contribution >= 0.6 is 0 Å². The lowest BCUT2D eigenvalue weighted by molar-refractivity contribution is -0.190. The van der Waals surface area contributed by atoms with Crippen LogP contribution in [-0.4, -0.2) is 48.1 Å². The Kier molecular flexibility index (Phi) is 3.74. The van der Waals surface area contributed by atoms with E-state index in [1.807, 2.05) is 12.1 Å². The van der Waals surface area contributed by atoms with E-state index in [4.69, 9.17) is 14.6 Å². The first-order valence-electron chi connectivity index (χ1n) is 6.99. The number of likely N-dealkylation sites (tertiary alicyclic amines) is 1. The Morgan fingerprint density at radius 1 is 1.25 bits per heavy atom. The maximum Gasteiger partial charge on any atom is 0.335 e. The molecule has 108 valence electrons. The molecule has 0 saturated carbocycles. The number of hydrogen-bond acceptors (Lipinski definition) is 4. The van der Waals surface area contributed by atoms with E-state index in [2.05, 4.69) is 4.90 Å². The highest BCUT2D eigenvalue weighted by atomic mass is 16.7. The lowest BCUT2D eigenvalue weighted by Crippen LogP contribution is -2.48. The Morgan fingerprint density at radius 3 is 2.60 bits per heavy atom. The van der Waals surface area contributed by atoms with E-state index < -0.39 is 11.8 Å². The Labute approximate surface area is 118 Å². The molecule has 1 aromatic rings. The molecule has 2 aliphatic heterocycles. The van der Waals surface area contributed by atoms with Crippen LogP contribution in [0.1, 0.15) is 28.8 Å². The van der Waals surface area contributed by atoms with E-state index in [1.54, 1.807) is 12.1 Å². The smallest absolute Gasteiger partial charge is 0.335 e. The first-order valence-corrected chi connectivity index (χ1v) is 6.99. The van der Waals surface area contributed by atoms with Crippen LogP contribution < -0.4 is 0 Å². The lowest BCUT2D eigenvalue weighted by atomic mass is 10.0. The van der Waals surface area contributed by atoms with E-state index in [0.29, 0.717) is 18.8 Å². The van der Waals surface area contributed by atoms with Crippen molar-refractivity contribution in [3.8, 4) is 0 Å². The summed E-state index contributed by atoms with van der Waals surface area (Å²) in [5.41, 5.74) is 1.44. The third kappa shape index (κ3) is 2.85. The van der Waals surface area contributed by atoms with Crippen LogP contribution in [0.15, 0.2) is 24.3 Å². The van der Waals surface area contributed by atoms with Gasteiger partial charge in [0.25, 0.3) is 0 Å². The fourth-order valence-corrected chi connectivity index (χ4v) is 2.95. The Bertz CT molecular complexity index is 479. The molecule has 2 aliphatic rings. The van der Waals surface area contributed by atoms with Crippen LogP contribution in [0.3, 0.4) is 0 Å². The highest BCUT2D eigenvalue weighted by Crippen LogP contribution is 2.30. The standard InChI is InChI=1S/C15H19NO4/c17-14(18)13-4-2-12(3-5-13)10-16-7-1-6-15(11-16)19-8-9-20-15/h2-5H,1,6-11H2,(H,17,18). The van der Waals surface area contributed by atoms with E-state index >= 15 is 0 Å². The molecule has 0 amide bonds. The quantitative estimate of drug-likeness (QED) is 0.911. The van der Waals surface area contributed by atoms with Gasteiger partial charge in [0.1, 0.15) is 0 Å². The van der Waals surface area contributed by atoms with Crippen molar-refractivity contribution >= 4 is 5.97 Å². The van der Waals surface area contributed by atoms with Crippen LogP contribution in [0.5, 0.6) is 0 Å². The van der Waals surface area contributed by atoms with E-state index in [1.165, 1.54) is 0 Å². The van der Waals surface area contributed by atoms with Crippen LogP contribution in [0.2, 0.25) is 0 Å². The maximum absolute atomic E-state index is 10.8. The fraction of sp³-hybridized carbons (Fsp3) is 0.533. The summed E-state index contributed by atoms with van der Waals surface area (Å²) in [6.45, 7) is 3.97. The van der Waals surface area contributed by atoms with Gasteiger partial charge >= 0.3 is 5.97 Å². The van der Waals surface area contributed by atoms with Gasteiger partial charge in [0, 0.05) is 13.0 Å². The van der Waals surface area contributed by atoms with Crippen molar-refractivity contribution in [3.05, 3.63) is 35.4 Å². The van der Waals surface area contributed by atoms with Crippen LogP contribution in [-0.2, 0) is 16.0 Å². The SMILES string of the molecule is O=C(O)c1ccc(CN2CCCC3(C2)OCCO3)cc1. The molecule has 0 unspecified atom stereocenters. The predicted molar refractivity (Wildman–Crippen MR) is 72.5 cm³/mol. The van der Waals surface area contributed by atoms with Crippen molar-refractivity contribution < 1.29 is 19.4 Å². The topological polar surface area (TPSA) is 59.0 Å². The number of nitrogens with zero attached hydrogens (tertiary/aromatic N) is 1. The number of aromatic carboxylic acids is 1. The molecule has 0 atom stereocenters. The van der Waals surface area contributed by atoms with Gasteiger partial charge in [-0.3, -0.25) is 4.90 Å². The molecule has 2 heterocycles. The van der Waals surface area contributed by atoms with Crippen molar-refractivity contribution in [3.63, 3.8) is 0 Å². The van der Waals surface area contributed by atoms with Gasteiger partial charge in [-0.1, -0.05) is 12.1 Å². The summed E-state index contributed by atoms with van der Waals surface area (Å²) in [5, 5.41) is 8.89. The minimum atomic E-state index is -0.888. The molecular formula is C15H19NO4. The highest BCUT2D eigenvalue weighted by molar-refractivity contribution is 5.87. The summed E-state index contributed by atoms with van der Waals surface area (Å²) in [4.78, 5) is 13.1. The van der Waals surface area contributed by atoms with Crippen molar-refractivity contribution in [1.82, 2.24) is 4.90 Å². The van der Waals surface area contributed by atoms with Crippen molar-refractivity contribution in [2.45, 2.75) is 25.2 Å². The number of ether oxygens (including phenoxy) is 2. The Hall–Kier alpha value is -1.43. The summed E-state index contributed by atoms with van der Waals surface area (Å²) in [6.07, 6.45) is 2.02. The molecule has 2 saturated heterocycles. The predicted octanol–water partition coefficient (Wildman–Crippen LogP) is 1.72. The first kappa shape index (κ1) is 13.5. The monoisotopic (exact) mass is 277 g/mol. The number of carbonyl (C=O) groups is 1. The second-order valence-electron chi connectivity index (χ2n) is 5.42. The van der Waals surface area contributed by atoms with Gasteiger partial charge < -0.3 is 14.6 Å². The lowest BCUT2D eigenvalue weighted by Gasteiger charge is -2.38. The molecule has 1 N–H and O–H groups in total. The summed E-state index contributed by atoms with van der Waals surface area (Å²) in [5.74, 6) is -1.29. The Morgan fingerprint density at radius 2 is 1.95 bits per heavy atom. The van der Waals surface area contributed by atoms with E-state index in [-0.39, 0.29) is 0 Å². The summed E-state index contributed by atoms with van der Waals surface area (Å²) in [6, 6.07) is 7.06. The number of benzene rings is 1. The maximum atomic E-state index is 10.8. The summed E-state index contributed by atoms with van der Waals surface area (Å²) in [7, 11) is 0. The van der Waals surface area contributed by atoms with Gasteiger partial charge in [-0.15, -0.1) is 0 Å². The minimum Gasteiger partial charge on any atom is -0.478 e. The normalized spacial score (nSPS) is 22.2. The molecule has 5 nitrogen and oxygen atoms in total. The third-order valence-electron chi connectivity index (χ3n) is 3.92. The minimum absolute atomic E-state index is 0.325. The molecule has 3 rings (SSSR count). The molecule has 20 heavy (non-hydrogen) atoms. The van der Waals surface area contributed by atoms with Gasteiger partial charge in [-0.2, -0.15) is 0 Å². The van der Waals surface area contributed by atoms with Gasteiger partial charge in [0.15, 0.2) is 5.79 Å². The van der Waals surface area contributed by atoms with E-state index in [0.717, 1.165) is 38.0 Å². The molecular weight excluding hydrogens is 258 g/mol. The average Bonchev–Trinajstić information content (AvgIpc) is 2.87. The van der Waals surface area contributed by atoms with Crippen molar-refractivity contribution in [2.24, 2.45) is 0 Å². The van der Waals surface area contributed by atoms with Crippen LogP contribution in [0.4, 0.5) is 0 Å².